The second-order valence-electron chi connectivity index (χ2n) is 11.2. The van der Waals surface area contributed by atoms with Crippen LogP contribution in [0.5, 0.6) is 0 Å². The Morgan fingerprint density at radius 2 is 1.40 bits per heavy atom. The first-order valence-corrected chi connectivity index (χ1v) is 15.4. The molecule has 3 aromatic rings. The van der Waals surface area contributed by atoms with Crippen molar-refractivity contribution in [2.75, 3.05) is 11.9 Å². The molecule has 3 aromatic carbocycles. The maximum absolute atomic E-state index is 12.6. The molecule has 0 saturated heterocycles. The Morgan fingerprint density at radius 3 is 2.02 bits per heavy atom. The number of ether oxygens (including phenoxy) is 1. The minimum absolute atomic E-state index is 0.0444. The second kappa shape index (κ2) is 17.3. The molecule has 5 heteroatoms. The van der Waals surface area contributed by atoms with Gasteiger partial charge in [0.25, 0.3) is 0 Å². The smallest absolute Gasteiger partial charge is 0.310 e. The number of amides is 1. The van der Waals surface area contributed by atoms with Gasteiger partial charge in [-0.1, -0.05) is 93.9 Å². The second-order valence-corrected chi connectivity index (χ2v) is 11.2. The zero-order valence-corrected chi connectivity index (χ0v) is 25.5. The summed E-state index contributed by atoms with van der Waals surface area (Å²) in [4.78, 5) is 24.4. The summed E-state index contributed by atoms with van der Waals surface area (Å²) >= 11 is 0. The molecule has 0 aliphatic rings. The Kier molecular flexibility index (Phi) is 13.5. The molecule has 0 atom stereocenters. The third-order valence-electron chi connectivity index (χ3n) is 8.01. The lowest BCUT2D eigenvalue weighted by molar-refractivity contribution is -0.151. The van der Waals surface area contributed by atoms with E-state index in [0.29, 0.717) is 25.1 Å². The predicted molar refractivity (Wildman–Crippen MR) is 173 cm³/mol. The summed E-state index contributed by atoms with van der Waals surface area (Å²) in [7, 11) is 0. The van der Waals surface area contributed by atoms with Gasteiger partial charge in [-0.3, -0.25) is 9.59 Å². The van der Waals surface area contributed by atoms with Crippen LogP contribution in [-0.4, -0.2) is 23.6 Å². The average Bonchev–Trinajstić information content (AvgIpc) is 3.00. The number of hydrogen-bond donors (Lipinski definition) is 2. The van der Waals surface area contributed by atoms with Gasteiger partial charge in [0.15, 0.2) is 0 Å². The van der Waals surface area contributed by atoms with E-state index in [1.807, 2.05) is 56.3 Å². The summed E-state index contributed by atoms with van der Waals surface area (Å²) in [5.41, 5.74) is 5.61. The molecule has 224 valence electrons. The van der Waals surface area contributed by atoms with Crippen molar-refractivity contribution in [1.82, 2.24) is 0 Å². The highest BCUT2D eigenvalue weighted by Gasteiger charge is 2.37. The number of anilines is 1. The van der Waals surface area contributed by atoms with Crippen LogP contribution in [0.1, 0.15) is 93.5 Å². The number of carboxylic acids is 1. The van der Waals surface area contributed by atoms with Crippen LogP contribution in [0, 0.1) is 5.41 Å². The SMILES string of the molecule is CCCCc1ccc(CCCCOCc2cccc(/C=C/c3cccc(NC(=O)CC(CC)(CC)C(=O)O)c3)c2)cc1. The summed E-state index contributed by atoms with van der Waals surface area (Å²) in [5.74, 6) is -1.21. The molecule has 0 heterocycles. The van der Waals surface area contributed by atoms with Crippen molar-refractivity contribution in [2.24, 2.45) is 5.41 Å². The van der Waals surface area contributed by atoms with E-state index < -0.39 is 11.4 Å². The molecule has 42 heavy (non-hydrogen) atoms. The van der Waals surface area contributed by atoms with Crippen LogP contribution in [0.15, 0.2) is 72.8 Å². The Hall–Kier alpha value is -3.70. The van der Waals surface area contributed by atoms with Gasteiger partial charge in [-0.2, -0.15) is 0 Å². The van der Waals surface area contributed by atoms with Crippen molar-refractivity contribution in [3.8, 4) is 0 Å². The van der Waals surface area contributed by atoms with Crippen molar-refractivity contribution >= 4 is 29.7 Å². The molecular formula is C37H47NO4. The highest BCUT2D eigenvalue weighted by atomic mass is 16.5. The molecule has 0 aliphatic carbocycles. The van der Waals surface area contributed by atoms with Crippen LogP contribution >= 0.6 is 0 Å². The van der Waals surface area contributed by atoms with Gasteiger partial charge in [-0.25, -0.2) is 0 Å². The number of hydrogen-bond acceptors (Lipinski definition) is 3. The first kappa shape index (κ1) is 32.8. The lowest BCUT2D eigenvalue weighted by Gasteiger charge is -2.25. The molecule has 1 amide bonds. The molecule has 0 fully saturated rings. The maximum Gasteiger partial charge on any atom is 0.310 e. The van der Waals surface area contributed by atoms with Crippen molar-refractivity contribution in [3.05, 3.63) is 101 Å². The number of aryl methyl sites for hydroxylation is 2. The van der Waals surface area contributed by atoms with Crippen LogP contribution in [0.2, 0.25) is 0 Å². The van der Waals surface area contributed by atoms with Crippen molar-refractivity contribution in [3.63, 3.8) is 0 Å². The van der Waals surface area contributed by atoms with E-state index >= 15 is 0 Å². The molecule has 0 aromatic heterocycles. The van der Waals surface area contributed by atoms with Crippen LogP contribution in [-0.2, 0) is 33.8 Å². The highest BCUT2D eigenvalue weighted by Crippen LogP contribution is 2.31. The van der Waals surface area contributed by atoms with E-state index in [0.717, 1.165) is 42.6 Å². The van der Waals surface area contributed by atoms with Crippen LogP contribution in [0.4, 0.5) is 5.69 Å². The lowest BCUT2D eigenvalue weighted by atomic mass is 9.79. The lowest BCUT2D eigenvalue weighted by Crippen LogP contribution is -2.34. The number of carboxylic acid groups (broad SMARTS) is 1. The zero-order valence-electron chi connectivity index (χ0n) is 25.5. The van der Waals surface area contributed by atoms with Gasteiger partial charge in [-0.05, 0) is 91.0 Å². The van der Waals surface area contributed by atoms with Gasteiger partial charge in [0.1, 0.15) is 0 Å². The Morgan fingerprint density at radius 1 is 0.786 bits per heavy atom. The molecule has 0 unspecified atom stereocenters. The highest BCUT2D eigenvalue weighted by molar-refractivity contribution is 5.94. The van der Waals surface area contributed by atoms with E-state index in [2.05, 4.69) is 54.7 Å². The van der Waals surface area contributed by atoms with Gasteiger partial charge in [0, 0.05) is 18.7 Å². The molecule has 3 rings (SSSR count). The Labute approximate surface area is 252 Å². The van der Waals surface area contributed by atoms with Gasteiger partial charge < -0.3 is 15.2 Å². The fourth-order valence-corrected chi connectivity index (χ4v) is 5.07. The molecule has 0 aliphatic heterocycles. The number of benzene rings is 3. The first-order chi connectivity index (χ1) is 20.4. The number of carbonyl (C=O) groups is 2. The molecule has 0 bridgehead atoms. The fraction of sp³-hybridized carbons (Fsp3) is 0.405. The van der Waals surface area contributed by atoms with Crippen molar-refractivity contribution in [1.29, 1.82) is 0 Å². The minimum atomic E-state index is -1.03. The van der Waals surface area contributed by atoms with Crippen LogP contribution in [0.25, 0.3) is 12.2 Å². The molecular weight excluding hydrogens is 522 g/mol. The molecule has 5 nitrogen and oxygen atoms in total. The van der Waals surface area contributed by atoms with E-state index in [9.17, 15) is 14.7 Å². The van der Waals surface area contributed by atoms with Crippen molar-refractivity contribution in [2.45, 2.75) is 85.2 Å². The Bertz CT molecular complexity index is 1290. The zero-order chi connectivity index (χ0) is 30.2. The van der Waals surface area contributed by atoms with E-state index in [1.165, 1.54) is 30.4 Å². The molecule has 0 spiro atoms. The quantitative estimate of drug-likeness (QED) is 0.118. The van der Waals surface area contributed by atoms with Gasteiger partial charge in [0.2, 0.25) is 5.91 Å². The summed E-state index contributed by atoms with van der Waals surface area (Å²) in [5, 5.41) is 12.5. The van der Waals surface area contributed by atoms with Crippen LogP contribution in [0.3, 0.4) is 0 Å². The molecule has 0 radical (unpaired) electrons. The van der Waals surface area contributed by atoms with Gasteiger partial charge in [0.05, 0.1) is 12.0 Å². The monoisotopic (exact) mass is 569 g/mol. The summed E-state index contributed by atoms with van der Waals surface area (Å²) in [6, 6.07) is 24.9. The third kappa shape index (κ3) is 10.6. The van der Waals surface area contributed by atoms with Gasteiger partial charge in [-0.15, -0.1) is 0 Å². The van der Waals surface area contributed by atoms with E-state index in [1.54, 1.807) is 0 Å². The predicted octanol–water partition coefficient (Wildman–Crippen LogP) is 8.96. The Balaban J connectivity index is 1.44. The first-order valence-electron chi connectivity index (χ1n) is 15.4. The average molecular weight is 570 g/mol. The van der Waals surface area contributed by atoms with E-state index in [4.69, 9.17) is 4.74 Å². The standard InChI is InChI=1S/C37H47NO4/c1-4-7-12-29-18-20-30(21-19-29)13-8-9-24-42-28-33-16-10-14-31(25-33)22-23-32-15-11-17-34(26-32)38-35(39)27-37(5-2,6-3)36(40)41/h10-11,14-23,25-26H,4-9,12-13,24,27-28H2,1-3H3,(H,38,39)(H,40,41)/b23-22+. The normalized spacial score (nSPS) is 11.6. The topological polar surface area (TPSA) is 75.6 Å². The summed E-state index contributed by atoms with van der Waals surface area (Å²) in [6.07, 6.45) is 11.7. The maximum atomic E-state index is 12.6. The number of aliphatic carboxylic acids is 1. The minimum Gasteiger partial charge on any atom is -0.481 e. The van der Waals surface area contributed by atoms with Crippen molar-refractivity contribution < 1.29 is 19.4 Å². The van der Waals surface area contributed by atoms with Gasteiger partial charge >= 0.3 is 5.97 Å². The van der Waals surface area contributed by atoms with Crippen LogP contribution < -0.4 is 5.32 Å². The number of rotatable bonds is 18. The van der Waals surface area contributed by atoms with E-state index in [-0.39, 0.29) is 12.3 Å². The number of carbonyl (C=O) groups excluding carboxylic acids is 1. The summed E-state index contributed by atoms with van der Waals surface area (Å²) < 4.78 is 5.96. The molecule has 0 saturated carbocycles. The number of nitrogens with one attached hydrogen (secondary N) is 1. The summed E-state index contributed by atoms with van der Waals surface area (Å²) in [6.45, 7) is 7.19. The fourth-order valence-electron chi connectivity index (χ4n) is 5.07. The molecule has 2 N–H and O–H groups in total. The largest absolute Gasteiger partial charge is 0.481 e. The third-order valence-corrected chi connectivity index (χ3v) is 8.01. The number of unbranched alkanes of at least 4 members (excludes halogenated alkanes) is 2.